The van der Waals surface area contributed by atoms with Crippen LogP contribution in [0.5, 0.6) is 11.8 Å². The summed E-state index contributed by atoms with van der Waals surface area (Å²) in [6.45, 7) is 4.78. The summed E-state index contributed by atoms with van der Waals surface area (Å²) in [7, 11) is 0. The van der Waals surface area contributed by atoms with Crippen molar-refractivity contribution in [3.63, 3.8) is 0 Å². The number of ether oxygens (including phenoxy) is 1. The van der Waals surface area contributed by atoms with Gasteiger partial charge in [-0.05, 0) is 54.8 Å². The molecule has 2 aliphatic heterocycles. The molecule has 3 aromatic carbocycles. The van der Waals surface area contributed by atoms with Crippen molar-refractivity contribution in [1.82, 2.24) is 19.8 Å². The second kappa shape index (κ2) is 11.3. The summed E-state index contributed by atoms with van der Waals surface area (Å²) in [5.41, 5.74) is 0.491. The van der Waals surface area contributed by atoms with Crippen molar-refractivity contribution in [3.8, 4) is 22.9 Å². The highest BCUT2D eigenvalue weighted by atomic mass is 35.5. The van der Waals surface area contributed by atoms with Gasteiger partial charge in [0.25, 0.3) is 5.92 Å². The summed E-state index contributed by atoms with van der Waals surface area (Å²) in [5, 5.41) is 12.4. The van der Waals surface area contributed by atoms with E-state index in [4.69, 9.17) is 16.3 Å². The molecule has 43 heavy (non-hydrogen) atoms. The number of phenolic OH excluding ortho intramolecular Hbond substituents is 1. The Labute approximate surface area is 251 Å². The topological polar surface area (TPSA) is 82.0 Å². The fourth-order valence-corrected chi connectivity index (χ4v) is 6.30. The summed E-state index contributed by atoms with van der Waals surface area (Å²) >= 11 is 6.79. The second-order valence-corrected chi connectivity index (χ2v) is 11.8. The molecule has 0 unspecified atom stereocenters. The van der Waals surface area contributed by atoms with E-state index < -0.39 is 11.7 Å². The predicted molar refractivity (Wildman–Crippen MR) is 160 cm³/mol. The van der Waals surface area contributed by atoms with Gasteiger partial charge in [-0.25, -0.2) is 13.2 Å². The lowest BCUT2D eigenvalue weighted by molar-refractivity contribution is -0.130. The molecule has 1 N–H and O–H groups in total. The van der Waals surface area contributed by atoms with E-state index in [1.807, 2.05) is 43.0 Å². The number of carbonyl (C=O) groups is 1. The van der Waals surface area contributed by atoms with Crippen LogP contribution in [-0.4, -0.2) is 88.6 Å². The Morgan fingerprint density at radius 3 is 2.60 bits per heavy atom. The smallest absolute Gasteiger partial charge is 0.319 e. The SMILES string of the molecule is C[C@@H]1CN(c2nc(OCCCN3CC(F)(F)C3)nc3c(F)c(-c4cc(O)cc5ccccc45)c(Cl)cc23)[C@@H](C)CN1C=O. The number of phenols is 1. The maximum absolute atomic E-state index is 16.7. The van der Waals surface area contributed by atoms with Gasteiger partial charge in [0.15, 0.2) is 5.82 Å². The largest absolute Gasteiger partial charge is 0.508 e. The number of likely N-dealkylation sites (tertiary alicyclic amines) is 1. The average Bonchev–Trinajstić information content (AvgIpc) is 2.95. The lowest BCUT2D eigenvalue weighted by Gasteiger charge is -2.43. The molecule has 226 valence electrons. The summed E-state index contributed by atoms with van der Waals surface area (Å²) < 4.78 is 48.9. The fraction of sp³-hybridized carbons (Fsp3) is 0.387. The number of piperazine rings is 1. The first-order valence-corrected chi connectivity index (χ1v) is 14.5. The van der Waals surface area contributed by atoms with Gasteiger partial charge in [-0.15, -0.1) is 0 Å². The van der Waals surface area contributed by atoms with Gasteiger partial charge < -0.3 is 19.6 Å². The lowest BCUT2D eigenvalue weighted by Crippen LogP contribution is -2.56. The number of hydrogen-bond acceptors (Lipinski definition) is 7. The third-order valence-electron chi connectivity index (χ3n) is 8.16. The minimum Gasteiger partial charge on any atom is -0.508 e. The van der Waals surface area contributed by atoms with E-state index in [1.165, 1.54) is 6.07 Å². The maximum atomic E-state index is 16.7. The number of amides is 1. The molecule has 6 rings (SSSR count). The zero-order valence-corrected chi connectivity index (χ0v) is 24.5. The molecular weight excluding hydrogens is 583 g/mol. The van der Waals surface area contributed by atoms with Gasteiger partial charge in [-0.3, -0.25) is 9.69 Å². The average molecular weight is 614 g/mol. The Hall–Kier alpha value is -3.83. The van der Waals surface area contributed by atoms with Crippen LogP contribution in [0.15, 0.2) is 42.5 Å². The number of alkyl halides is 2. The Morgan fingerprint density at radius 1 is 1.09 bits per heavy atom. The van der Waals surface area contributed by atoms with Crippen molar-refractivity contribution in [3.05, 3.63) is 53.3 Å². The minimum absolute atomic E-state index is 0.00752. The van der Waals surface area contributed by atoms with Gasteiger partial charge in [0.05, 0.1) is 24.7 Å². The first-order valence-electron chi connectivity index (χ1n) is 14.2. The second-order valence-electron chi connectivity index (χ2n) is 11.4. The molecule has 1 amide bonds. The van der Waals surface area contributed by atoms with Crippen molar-refractivity contribution in [2.24, 2.45) is 0 Å². The molecular formula is C31H31ClF3N5O3. The quantitative estimate of drug-likeness (QED) is 0.201. The zero-order chi connectivity index (χ0) is 30.5. The Bertz CT molecular complexity index is 1700. The lowest BCUT2D eigenvalue weighted by atomic mass is 9.96. The minimum atomic E-state index is -2.64. The first kappa shape index (κ1) is 29.3. The highest BCUT2D eigenvalue weighted by molar-refractivity contribution is 6.35. The standard InChI is InChI=1S/C31H31ClF3N5O3/c1-18-14-40(19(2)13-39(18)17-41)29-24-12-25(32)26(23-11-21(42)10-20-6-3-4-7-22(20)23)27(33)28(24)36-30(37-29)43-9-5-8-38-15-31(34,35)16-38/h3-4,6-7,10-12,17-19,42H,5,8-9,13-16H2,1-2H3/t18-,19+/m1/s1. The third kappa shape index (κ3) is 5.63. The number of aromatic nitrogens is 2. The van der Waals surface area contributed by atoms with E-state index in [2.05, 4.69) is 9.97 Å². The zero-order valence-electron chi connectivity index (χ0n) is 23.7. The summed E-state index contributed by atoms with van der Waals surface area (Å²) in [5.74, 6) is -2.95. The molecule has 1 aromatic heterocycles. The van der Waals surface area contributed by atoms with Crippen molar-refractivity contribution < 1.29 is 27.8 Å². The molecule has 3 heterocycles. The Kier molecular flexibility index (Phi) is 7.72. The molecule has 0 bridgehead atoms. The molecule has 12 heteroatoms. The highest BCUT2D eigenvalue weighted by Gasteiger charge is 2.43. The van der Waals surface area contributed by atoms with Gasteiger partial charge in [-0.1, -0.05) is 35.9 Å². The maximum Gasteiger partial charge on any atom is 0.319 e. The monoisotopic (exact) mass is 613 g/mol. The van der Waals surface area contributed by atoms with E-state index in [9.17, 15) is 18.7 Å². The molecule has 0 spiro atoms. The van der Waals surface area contributed by atoms with Crippen LogP contribution in [0, 0.1) is 5.82 Å². The van der Waals surface area contributed by atoms with Crippen LogP contribution in [0.3, 0.4) is 0 Å². The van der Waals surface area contributed by atoms with Crippen molar-refractivity contribution in [2.75, 3.05) is 44.2 Å². The van der Waals surface area contributed by atoms with Crippen LogP contribution in [-0.2, 0) is 4.79 Å². The fourth-order valence-electron chi connectivity index (χ4n) is 6.00. The van der Waals surface area contributed by atoms with Gasteiger partial charge in [-0.2, -0.15) is 9.97 Å². The molecule has 2 fully saturated rings. The van der Waals surface area contributed by atoms with E-state index in [0.717, 1.165) is 11.8 Å². The number of carbonyl (C=O) groups excluding carboxylic acids is 1. The van der Waals surface area contributed by atoms with Gasteiger partial charge in [0, 0.05) is 42.7 Å². The van der Waals surface area contributed by atoms with Crippen LogP contribution in [0.2, 0.25) is 5.02 Å². The number of halogens is 4. The summed E-state index contributed by atoms with van der Waals surface area (Å²) in [6.07, 6.45) is 1.28. The first-order chi connectivity index (χ1) is 20.5. The van der Waals surface area contributed by atoms with Crippen LogP contribution in [0.1, 0.15) is 20.3 Å². The van der Waals surface area contributed by atoms with E-state index in [0.29, 0.717) is 48.2 Å². The molecule has 0 aliphatic carbocycles. The molecule has 4 aromatic rings. The van der Waals surface area contributed by atoms with Crippen molar-refractivity contribution >= 4 is 45.5 Å². The Morgan fingerprint density at radius 2 is 1.86 bits per heavy atom. The number of hydrogen-bond donors (Lipinski definition) is 1. The van der Waals surface area contributed by atoms with E-state index in [1.54, 1.807) is 21.9 Å². The molecule has 2 atom stereocenters. The molecule has 0 saturated carbocycles. The Balaban J connectivity index is 1.43. The van der Waals surface area contributed by atoms with Crippen LogP contribution in [0.4, 0.5) is 19.0 Å². The summed E-state index contributed by atoms with van der Waals surface area (Å²) in [4.78, 5) is 26.1. The number of benzene rings is 3. The van der Waals surface area contributed by atoms with Gasteiger partial charge in [0.1, 0.15) is 17.1 Å². The predicted octanol–water partition coefficient (Wildman–Crippen LogP) is 5.72. The molecule has 2 saturated heterocycles. The van der Waals surface area contributed by atoms with Crippen molar-refractivity contribution in [1.29, 1.82) is 0 Å². The number of anilines is 1. The number of nitrogens with zero attached hydrogens (tertiary/aromatic N) is 5. The van der Waals surface area contributed by atoms with Crippen LogP contribution >= 0.6 is 11.6 Å². The molecule has 2 aliphatic rings. The summed E-state index contributed by atoms with van der Waals surface area (Å²) in [6, 6.07) is 11.7. The van der Waals surface area contributed by atoms with E-state index in [-0.39, 0.29) is 59.6 Å². The van der Waals surface area contributed by atoms with Crippen molar-refractivity contribution in [2.45, 2.75) is 38.3 Å². The molecule has 0 radical (unpaired) electrons. The number of rotatable bonds is 8. The van der Waals surface area contributed by atoms with Crippen LogP contribution < -0.4 is 9.64 Å². The van der Waals surface area contributed by atoms with E-state index >= 15 is 4.39 Å². The normalized spacial score (nSPS) is 20.4. The molecule has 8 nitrogen and oxygen atoms in total. The van der Waals surface area contributed by atoms with Crippen LogP contribution in [0.25, 0.3) is 32.8 Å². The number of fused-ring (bicyclic) bond motifs is 2. The number of aromatic hydroxyl groups is 1. The third-order valence-corrected chi connectivity index (χ3v) is 8.46. The van der Waals surface area contributed by atoms with Gasteiger partial charge >= 0.3 is 6.01 Å². The van der Waals surface area contributed by atoms with Gasteiger partial charge in [0.2, 0.25) is 6.41 Å². The highest BCUT2D eigenvalue weighted by Crippen LogP contribution is 2.43.